The maximum absolute atomic E-state index is 12.4. The number of carbonyl (C=O) groups excluding carboxylic acids is 2. The van der Waals surface area contributed by atoms with Crippen LogP contribution in [0, 0.1) is 0 Å². The number of fused-ring (bicyclic) bond motifs is 2. The van der Waals surface area contributed by atoms with Gasteiger partial charge in [0.05, 0.1) is 5.52 Å². The van der Waals surface area contributed by atoms with Gasteiger partial charge in [0.25, 0.3) is 5.91 Å². The largest absolute Gasteiger partial charge is 0.336 e. The molecule has 0 fully saturated rings. The summed E-state index contributed by atoms with van der Waals surface area (Å²) in [6.45, 7) is 3.77. The Morgan fingerprint density at radius 1 is 1.19 bits per heavy atom. The van der Waals surface area contributed by atoms with Crippen LogP contribution < -0.4 is 16.0 Å². The molecule has 1 aliphatic heterocycles. The molecule has 0 saturated carbocycles. The Morgan fingerprint density at radius 3 is 2.85 bits per heavy atom. The highest BCUT2D eigenvalue weighted by Crippen LogP contribution is 2.35. The quantitative estimate of drug-likeness (QED) is 0.537. The summed E-state index contributed by atoms with van der Waals surface area (Å²) < 4.78 is 0. The lowest BCUT2D eigenvalue weighted by molar-refractivity contribution is -0.110. The number of rotatable bonds is 3. The minimum absolute atomic E-state index is 0.0324. The molecule has 2 heterocycles. The first-order valence-corrected chi connectivity index (χ1v) is 8.55. The predicted molar refractivity (Wildman–Crippen MR) is 104 cm³/mol. The van der Waals surface area contributed by atoms with Gasteiger partial charge in [0, 0.05) is 28.6 Å². The lowest BCUT2D eigenvalue weighted by Crippen LogP contribution is -2.34. The van der Waals surface area contributed by atoms with Gasteiger partial charge < -0.3 is 16.0 Å². The molecule has 0 saturated heterocycles. The standard InChI is InChI=1S/C19H18N6O2/c1-10(2)20-19(27)21-12-4-6-15-13(9-12)14(18(26)22-15)7-11-3-5-16-17(8-11)24-25-23-16/h3-10H,1-2H3,(H,22,26)(H2,20,21,27)(H,23,24,25)/b14-7+. The van der Waals surface area contributed by atoms with E-state index in [1.165, 1.54) is 0 Å². The molecule has 0 radical (unpaired) electrons. The van der Waals surface area contributed by atoms with Gasteiger partial charge >= 0.3 is 6.03 Å². The smallest absolute Gasteiger partial charge is 0.319 e. The number of hydrogen-bond acceptors (Lipinski definition) is 4. The molecule has 0 aliphatic carbocycles. The number of benzene rings is 2. The number of carbonyl (C=O) groups is 2. The second-order valence-corrected chi connectivity index (χ2v) is 6.61. The number of urea groups is 1. The Morgan fingerprint density at radius 2 is 2.04 bits per heavy atom. The zero-order chi connectivity index (χ0) is 19.0. The number of aromatic nitrogens is 3. The normalized spacial score (nSPS) is 14.5. The Kier molecular flexibility index (Phi) is 4.08. The Labute approximate surface area is 155 Å². The monoisotopic (exact) mass is 362 g/mol. The molecular weight excluding hydrogens is 344 g/mol. The lowest BCUT2D eigenvalue weighted by Gasteiger charge is -2.11. The molecule has 0 bridgehead atoms. The Bertz CT molecular complexity index is 1080. The first-order chi connectivity index (χ1) is 13.0. The molecule has 1 aliphatic rings. The molecule has 1 aromatic heterocycles. The van der Waals surface area contributed by atoms with Gasteiger partial charge in [-0.2, -0.15) is 0 Å². The summed E-state index contributed by atoms with van der Waals surface area (Å²) in [5.41, 5.74) is 5.00. The van der Waals surface area contributed by atoms with Crippen LogP contribution in [0.3, 0.4) is 0 Å². The van der Waals surface area contributed by atoms with Crippen molar-refractivity contribution in [2.45, 2.75) is 19.9 Å². The highest BCUT2D eigenvalue weighted by molar-refractivity contribution is 6.35. The van der Waals surface area contributed by atoms with Crippen LogP contribution in [0.5, 0.6) is 0 Å². The molecule has 2 aromatic carbocycles. The number of nitrogens with one attached hydrogen (secondary N) is 4. The van der Waals surface area contributed by atoms with E-state index in [2.05, 4.69) is 31.4 Å². The number of H-pyrrole nitrogens is 1. The van der Waals surface area contributed by atoms with Gasteiger partial charge in [-0.05, 0) is 55.8 Å². The van der Waals surface area contributed by atoms with Crippen molar-refractivity contribution in [1.82, 2.24) is 20.7 Å². The van der Waals surface area contributed by atoms with E-state index >= 15 is 0 Å². The third-order valence-electron chi connectivity index (χ3n) is 4.14. The van der Waals surface area contributed by atoms with Crippen molar-refractivity contribution in [1.29, 1.82) is 0 Å². The zero-order valence-corrected chi connectivity index (χ0v) is 14.8. The summed E-state index contributed by atoms with van der Waals surface area (Å²) in [6, 6.07) is 10.7. The van der Waals surface area contributed by atoms with Crippen LogP contribution in [0.15, 0.2) is 36.4 Å². The maximum atomic E-state index is 12.4. The van der Waals surface area contributed by atoms with Gasteiger partial charge in [-0.1, -0.05) is 11.3 Å². The molecule has 27 heavy (non-hydrogen) atoms. The van der Waals surface area contributed by atoms with E-state index < -0.39 is 0 Å². The zero-order valence-electron chi connectivity index (χ0n) is 14.8. The summed E-state index contributed by atoms with van der Waals surface area (Å²) >= 11 is 0. The number of nitrogens with zero attached hydrogens (tertiary/aromatic N) is 2. The number of hydrogen-bond donors (Lipinski definition) is 4. The van der Waals surface area contributed by atoms with Crippen molar-refractivity contribution < 1.29 is 9.59 Å². The van der Waals surface area contributed by atoms with Crippen molar-refractivity contribution in [3.8, 4) is 0 Å². The summed E-state index contributed by atoms with van der Waals surface area (Å²) in [5, 5.41) is 18.9. The molecule has 4 rings (SSSR count). The Hall–Kier alpha value is -3.68. The number of amides is 3. The van der Waals surface area contributed by atoms with Crippen molar-refractivity contribution in [3.63, 3.8) is 0 Å². The van der Waals surface area contributed by atoms with E-state index in [-0.39, 0.29) is 18.0 Å². The van der Waals surface area contributed by atoms with Crippen LogP contribution in [0.1, 0.15) is 25.0 Å². The molecule has 3 amide bonds. The van der Waals surface area contributed by atoms with E-state index in [9.17, 15) is 9.59 Å². The van der Waals surface area contributed by atoms with Gasteiger partial charge in [0.2, 0.25) is 0 Å². The van der Waals surface area contributed by atoms with Gasteiger partial charge in [0.1, 0.15) is 5.52 Å². The predicted octanol–water partition coefficient (Wildman–Crippen LogP) is 2.98. The fraction of sp³-hybridized carbons (Fsp3) is 0.158. The van der Waals surface area contributed by atoms with E-state index in [4.69, 9.17) is 0 Å². The molecule has 4 N–H and O–H groups in total. The summed E-state index contributed by atoms with van der Waals surface area (Å²) in [4.78, 5) is 24.3. The van der Waals surface area contributed by atoms with E-state index in [0.29, 0.717) is 16.9 Å². The van der Waals surface area contributed by atoms with Crippen molar-refractivity contribution in [2.24, 2.45) is 0 Å². The molecule has 8 nitrogen and oxygen atoms in total. The first-order valence-electron chi connectivity index (χ1n) is 8.55. The van der Waals surface area contributed by atoms with Crippen LogP contribution >= 0.6 is 0 Å². The third kappa shape index (κ3) is 3.37. The van der Waals surface area contributed by atoms with Crippen molar-refractivity contribution >= 4 is 46.0 Å². The van der Waals surface area contributed by atoms with Gasteiger partial charge in [-0.15, -0.1) is 5.10 Å². The number of anilines is 2. The maximum Gasteiger partial charge on any atom is 0.319 e. The molecule has 0 unspecified atom stereocenters. The van der Waals surface area contributed by atoms with Crippen LogP contribution in [0.4, 0.5) is 16.2 Å². The summed E-state index contributed by atoms with van der Waals surface area (Å²) in [5.74, 6) is -0.184. The minimum Gasteiger partial charge on any atom is -0.336 e. The summed E-state index contributed by atoms with van der Waals surface area (Å²) in [7, 11) is 0. The van der Waals surface area contributed by atoms with E-state index in [0.717, 1.165) is 22.2 Å². The lowest BCUT2D eigenvalue weighted by atomic mass is 10.0. The highest BCUT2D eigenvalue weighted by Gasteiger charge is 2.24. The molecule has 0 spiro atoms. The fourth-order valence-corrected chi connectivity index (χ4v) is 2.96. The molecule has 0 atom stereocenters. The van der Waals surface area contributed by atoms with Crippen LogP contribution in [0.25, 0.3) is 22.7 Å². The average Bonchev–Trinajstić information content (AvgIpc) is 3.19. The van der Waals surface area contributed by atoms with Crippen molar-refractivity contribution in [3.05, 3.63) is 47.5 Å². The second kappa shape index (κ2) is 6.56. The SMILES string of the molecule is CC(C)NC(=O)Nc1ccc2c(c1)/C(=C\c1ccc3nn[nH]c3c1)C(=O)N2. The molecule has 3 aromatic rings. The van der Waals surface area contributed by atoms with Gasteiger partial charge in [-0.3, -0.25) is 9.89 Å². The van der Waals surface area contributed by atoms with Crippen molar-refractivity contribution in [2.75, 3.05) is 10.6 Å². The minimum atomic E-state index is -0.287. The molecule has 136 valence electrons. The Balaban J connectivity index is 1.66. The number of aromatic amines is 1. The van der Waals surface area contributed by atoms with Gasteiger partial charge in [0.15, 0.2) is 0 Å². The van der Waals surface area contributed by atoms with Crippen LogP contribution in [-0.4, -0.2) is 33.4 Å². The van der Waals surface area contributed by atoms with Gasteiger partial charge in [-0.25, -0.2) is 4.79 Å². The first kappa shape index (κ1) is 16.8. The second-order valence-electron chi connectivity index (χ2n) is 6.61. The third-order valence-corrected chi connectivity index (χ3v) is 4.14. The van der Waals surface area contributed by atoms with Crippen LogP contribution in [-0.2, 0) is 4.79 Å². The molecular formula is C19H18N6O2. The average molecular weight is 362 g/mol. The molecule has 8 heteroatoms. The van der Waals surface area contributed by atoms with Crippen LogP contribution in [0.2, 0.25) is 0 Å². The topological polar surface area (TPSA) is 112 Å². The highest BCUT2D eigenvalue weighted by atomic mass is 16.2. The van der Waals surface area contributed by atoms with E-state index in [1.807, 2.05) is 32.0 Å². The summed E-state index contributed by atoms with van der Waals surface area (Å²) in [6.07, 6.45) is 1.80. The van der Waals surface area contributed by atoms with E-state index in [1.54, 1.807) is 24.3 Å². The fourth-order valence-electron chi connectivity index (χ4n) is 2.96.